The number of piperazine rings is 1. The molecule has 168 valence electrons. The molecule has 31 heavy (non-hydrogen) atoms. The summed E-state index contributed by atoms with van der Waals surface area (Å²) in [6.45, 7) is 12.5. The second-order valence-corrected chi connectivity index (χ2v) is 7.99. The molecule has 2 aromatic carbocycles. The summed E-state index contributed by atoms with van der Waals surface area (Å²) in [7, 11) is 2.20. The van der Waals surface area contributed by atoms with Gasteiger partial charge in [-0.2, -0.15) is 0 Å². The van der Waals surface area contributed by atoms with E-state index in [0.29, 0.717) is 19.7 Å². The number of aliphatic imine (C=N–C) groups is 1. The first-order valence-electron chi connectivity index (χ1n) is 11.4. The molecule has 2 N–H and O–H groups in total. The van der Waals surface area contributed by atoms with E-state index in [4.69, 9.17) is 9.73 Å². The minimum atomic E-state index is 0.650. The summed E-state index contributed by atoms with van der Waals surface area (Å²) in [5.41, 5.74) is 3.71. The molecule has 0 aromatic heterocycles. The third-order valence-electron chi connectivity index (χ3n) is 5.51. The van der Waals surface area contributed by atoms with Crippen LogP contribution >= 0.6 is 0 Å². The molecule has 0 spiro atoms. The van der Waals surface area contributed by atoms with Gasteiger partial charge in [-0.15, -0.1) is 0 Å². The van der Waals surface area contributed by atoms with Crippen molar-refractivity contribution in [2.24, 2.45) is 4.99 Å². The molecule has 1 saturated heterocycles. The lowest BCUT2D eigenvalue weighted by molar-refractivity contribution is 0.148. The Morgan fingerprint density at radius 2 is 1.65 bits per heavy atom. The standard InChI is InChI=1S/C25H37N5O/c1-4-26-25(28-19-23-8-6-7-9-24(23)31-5-2)27-18-21-10-12-22(13-11-21)20-30-16-14-29(3)15-17-30/h6-13H,4-5,14-20H2,1-3H3,(H2,26,27,28). The summed E-state index contributed by atoms with van der Waals surface area (Å²) in [6.07, 6.45) is 0. The maximum Gasteiger partial charge on any atom is 0.191 e. The van der Waals surface area contributed by atoms with E-state index in [-0.39, 0.29) is 0 Å². The van der Waals surface area contributed by atoms with Gasteiger partial charge in [0.2, 0.25) is 0 Å². The number of para-hydroxylation sites is 1. The molecule has 0 atom stereocenters. The molecule has 0 amide bonds. The van der Waals surface area contributed by atoms with E-state index in [0.717, 1.165) is 56.5 Å². The molecule has 3 rings (SSSR count). The third-order valence-corrected chi connectivity index (χ3v) is 5.51. The molecule has 0 bridgehead atoms. The highest BCUT2D eigenvalue weighted by Crippen LogP contribution is 2.17. The van der Waals surface area contributed by atoms with Crippen molar-refractivity contribution in [3.63, 3.8) is 0 Å². The van der Waals surface area contributed by atoms with Gasteiger partial charge in [-0.05, 0) is 38.1 Å². The van der Waals surface area contributed by atoms with Crippen molar-refractivity contribution in [3.8, 4) is 5.75 Å². The van der Waals surface area contributed by atoms with Crippen molar-refractivity contribution in [2.45, 2.75) is 33.5 Å². The van der Waals surface area contributed by atoms with Crippen LogP contribution in [0, 0.1) is 0 Å². The number of hydrogen-bond acceptors (Lipinski definition) is 4. The van der Waals surface area contributed by atoms with E-state index in [2.05, 4.69) is 64.7 Å². The zero-order valence-electron chi connectivity index (χ0n) is 19.2. The largest absolute Gasteiger partial charge is 0.494 e. The fraction of sp³-hybridized carbons (Fsp3) is 0.480. The lowest BCUT2D eigenvalue weighted by Gasteiger charge is -2.32. The van der Waals surface area contributed by atoms with Gasteiger partial charge < -0.3 is 20.3 Å². The number of nitrogens with zero attached hydrogens (tertiary/aromatic N) is 3. The van der Waals surface area contributed by atoms with Crippen LogP contribution in [-0.4, -0.2) is 62.1 Å². The molecule has 6 nitrogen and oxygen atoms in total. The van der Waals surface area contributed by atoms with Crippen LogP contribution in [0.25, 0.3) is 0 Å². The number of ether oxygens (including phenoxy) is 1. The maximum atomic E-state index is 5.72. The van der Waals surface area contributed by atoms with Crippen LogP contribution in [-0.2, 0) is 19.6 Å². The van der Waals surface area contributed by atoms with Gasteiger partial charge in [0.1, 0.15) is 5.75 Å². The van der Waals surface area contributed by atoms with Gasteiger partial charge in [0.05, 0.1) is 13.2 Å². The van der Waals surface area contributed by atoms with E-state index >= 15 is 0 Å². The molecule has 6 heteroatoms. The van der Waals surface area contributed by atoms with Crippen LogP contribution in [0.4, 0.5) is 0 Å². The summed E-state index contributed by atoms with van der Waals surface area (Å²) in [4.78, 5) is 9.69. The van der Waals surface area contributed by atoms with E-state index in [1.54, 1.807) is 0 Å². The molecular formula is C25H37N5O. The van der Waals surface area contributed by atoms with E-state index in [9.17, 15) is 0 Å². The predicted molar refractivity (Wildman–Crippen MR) is 128 cm³/mol. The molecule has 1 aliphatic heterocycles. The normalized spacial score (nSPS) is 15.6. The average Bonchev–Trinajstić information content (AvgIpc) is 2.79. The second kappa shape index (κ2) is 12.3. The minimum absolute atomic E-state index is 0.650. The average molecular weight is 424 g/mol. The molecule has 0 aliphatic carbocycles. The van der Waals surface area contributed by atoms with E-state index in [1.165, 1.54) is 11.1 Å². The number of benzene rings is 2. The number of rotatable bonds is 9. The highest BCUT2D eigenvalue weighted by molar-refractivity contribution is 5.79. The van der Waals surface area contributed by atoms with Crippen LogP contribution in [0.5, 0.6) is 5.75 Å². The first kappa shape index (κ1) is 23.1. The van der Waals surface area contributed by atoms with Crippen molar-refractivity contribution in [3.05, 3.63) is 65.2 Å². The fourth-order valence-corrected chi connectivity index (χ4v) is 3.65. The lowest BCUT2D eigenvalue weighted by Crippen LogP contribution is -2.43. The van der Waals surface area contributed by atoms with Crippen molar-refractivity contribution >= 4 is 5.96 Å². The smallest absolute Gasteiger partial charge is 0.191 e. The number of likely N-dealkylation sites (N-methyl/N-ethyl adjacent to an activating group) is 1. The first-order valence-corrected chi connectivity index (χ1v) is 11.4. The van der Waals surface area contributed by atoms with Crippen molar-refractivity contribution < 1.29 is 4.74 Å². The topological polar surface area (TPSA) is 52.1 Å². The summed E-state index contributed by atoms with van der Waals surface area (Å²) in [5, 5.41) is 6.75. The lowest BCUT2D eigenvalue weighted by atomic mass is 10.1. The number of nitrogens with one attached hydrogen (secondary N) is 2. The quantitative estimate of drug-likeness (QED) is 0.480. The zero-order chi connectivity index (χ0) is 21.9. The Bertz CT molecular complexity index is 813. The van der Waals surface area contributed by atoms with Crippen LogP contribution in [0.15, 0.2) is 53.5 Å². The van der Waals surface area contributed by atoms with Gasteiger partial charge in [0.15, 0.2) is 5.96 Å². The molecule has 1 fully saturated rings. The Balaban J connectivity index is 1.54. The Morgan fingerprint density at radius 3 is 2.35 bits per heavy atom. The monoisotopic (exact) mass is 423 g/mol. The van der Waals surface area contributed by atoms with Crippen LogP contribution in [0.2, 0.25) is 0 Å². The Kier molecular flexibility index (Phi) is 9.18. The SMILES string of the molecule is CCNC(=NCc1ccc(CN2CCN(C)CC2)cc1)NCc1ccccc1OCC. The Labute approximate surface area is 187 Å². The second-order valence-electron chi connectivity index (χ2n) is 7.99. The molecule has 1 aliphatic rings. The highest BCUT2D eigenvalue weighted by Gasteiger charge is 2.13. The molecule has 0 saturated carbocycles. The maximum absolute atomic E-state index is 5.72. The highest BCUT2D eigenvalue weighted by atomic mass is 16.5. The van der Waals surface area contributed by atoms with Crippen molar-refractivity contribution in [1.82, 2.24) is 20.4 Å². The fourth-order valence-electron chi connectivity index (χ4n) is 3.65. The molecule has 0 unspecified atom stereocenters. The summed E-state index contributed by atoms with van der Waals surface area (Å²) in [6, 6.07) is 17.0. The third kappa shape index (κ3) is 7.56. The summed E-state index contributed by atoms with van der Waals surface area (Å²) in [5.74, 6) is 1.74. The Morgan fingerprint density at radius 1 is 0.935 bits per heavy atom. The minimum Gasteiger partial charge on any atom is -0.494 e. The first-order chi connectivity index (χ1) is 15.2. The Hall–Kier alpha value is -2.57. The molecule has 1 heterocycles. The van der Waals surface area contributed by atoms with Gasteiger partial charge in [-0.3, -0.25) is 4.90 Å². The molecule has 2 aromatic rings. The van der Waals surface area contributed by atoms with E-state index in [1.807, 2.05) is 25.1 Å². The van der Waals surface area contributed by atoms with Gasteiger partial charge in [0.25, 0.3) is 0 Å². The van der Waals surface area contributed by atoms with Crippen LogP contribution < -0.4 is 15.4 Å². The molecular weight excluding hydrogens is 386 g/mol. The summed E-state index contributed by atoms with van der Waals surface area (Å²) >= 11 is 0. The summed E-state index contributed by atoms with van der Waals surface area (Å²) < 4.78 is 5.72. The van der Waals surface area contributed by atoms with Crippen molar-refractivity contribution in [1.29, 1.82) is 0 Å². The van der Waals surface area contributed by atoms with E-state index < -0.39 is 0 Å². The van der Waals surface area contributed by atoms with Crippen molar-refractivity contribution in [2.75, 3.05) is 46.4 Å². The molecule has 0 radical (unpaired) electrons. The van der Waals surface area contributed by atoms with Gasteiger partial charge in [0, 0.05) is 51.4 Å². The van der Waals surface area contributed by atoms with Gasteiger partial charge >= 0.3 is 0 Å². The zero-order valence-corrected chi connectivity index (χ0v) is 19.2. The van der Waals surface area contributed by atoms with Gasteiger partial charge in [-0.1, -0.05) is 42.5 Å². The van der Waals surface area contributed by atoms with Crippen LogP contribution in [0.3, 0.4) is 0 Å². The number of guanidine groups is 1. The van der Waals surface area contributed by atoms with Gasteiger partial charge in [-0.25, -0.2) is 4.99 Å². The predicted octanol–water partition coefficient (Wildman–Crippen LogP) is 3.09. The van der Waals surface area contributed by atoms with Crippen LogP contribution in [0.1, 0.15) is 30.5 Å². The number of hydrogen-bond donors (Lipinski definition) is 2.